The summed E-state index contributed by atoms with van der Waals surface area (Å²) in [7, 11) is -1.50. The van der Waals surface area contributed by atoms with Crippen molar-refractivity contribution < 1.29 is 9.47 Å². The van der Waals surface area contributed by atoms with Gasteiger partial charge in [0.25, 0.3) is 0 Å². The molecule has 0 aliphatic carbocycles. The second-order valence-corrected chi connectivity index (χ2v) is 15.0. The van der Waals surface area contributed by atoms with Crippen molar-refractivity contribution in [3.8, 4) is 22.9 Å². The van der Waals surface area contributed by atoms with Crippen molar-refractivity contribution in [2.75, 3.05) is 6.61 Å². The van der Waals surface area contributed by atoms with Crippen LogP contribution >= 0.6 is 0 Å². The number of rotatable bonds is 17. The quantitative estimate of drug-likeness (QED) is 0.172. The maximum Gasteiger partial charge on any atom is 0.163 e. The number of unbranched alkanes of at least 4 members (excludes halogenated alkanes) is 6. The number of para-hydroxylation sites is 1. The summed E-state index contributed by atoms with van der Waals surface area (Å²) in [5, 5.41) is 0. The fraction of sp³-hybridized carbons (Fsp3) is 0.643. The molecule has 1 aromatic heterocycles. The maximum atomic E-state index is 6.70. The van der Waals surface area contributed by atoms with Crippen molar-refractivity contribution in [2.45, 2.75) is 110 Å². The van der Waals surface area contributed by atoms with Crippen molar-refractivity contribution in [2.24, 2.45) is 0 Å². The first-order valence-electron chi connectivity index (χ1n) is 13.2. The van der Waals surface area contributed by atoms with Gasteiger partial charge in [-0.05, 0) is 25.0 Å². The van der Waals surface area contributed by atoms with Gasteiger partial charge in [0.15, 0.2) is 11.6 Å². The van der Waals surface area contributed by atoms with Gasteiger partial charge in [-0.15, -0.1) is 0 Å². The van der Waals surface area contributed by atoms with E-state index in [2.05, 4.69) is 56.0 Å². The summed E-state index contributed by atoms with van der Waals surface area (Å²) in [4.78, 5) is 9.22. The van der Waals surface area contributed by atoms with E-state index in [1.54, 1.807) is 12.4 Å². The van der Waals surface area contributed by atoms with E-state index >= 15 is 0 Å². The summed E-state index contributed by atoms with van der Waals surface area (Å²) in [6, 6.07) is 9.50. The van der Waals surface area contributed by atoms with Crippen molar-refractivity contribution in [1.82, 2.24) is 9.97 Å². The molecule has 0 fully saturated rings. The summed E-state index contributed by atoms with van der Waals surface area (Å²) >= 11 is 0. The SMILES string of the molecule is CCCCCCCCOc1cnc(-c2ccccc2OC(CCC)[Si](C)(C)CCCC)nc1. The van der Waals surface area contributed by atoms with Crippen LogP contribution in [0.15, 0.2) is 36.7 Å². The molecule has 1 unspecified atom stereocenters. The Bertz CT molecular complexity index is 780. The zero-order valence-electron chi connectivity index (χ0n) is 21.7. The summed E-state index contributed by atoms with van der Waals surface area (Å²) in [6.07, 6.45) is 15.9. The summed E-state index contributed by atoms with van der Waals surface area (Å²) in [6.45, 7) is 12.4. The molecule has 0 aliphatic rings. The van der Waals surface area contributed by atoms with E-state index in [1.807, 2.05) is 12.1 Å². The van der Waals surface area contributed by atoms with Crippen LogP contribution in [0.4, 0.5) is 0 Å². The second kappa shape index (κ2) is 15.1. The van der Waals surface area contributed by atoms with Gasteiger partial charge < -0.3 is 9.47 Å². The van der Waals surface area contributed by atoms with E-state index in [0.717, 1.165) is 42.9 Å². The van der Waals surface area contributed by atoms with Crippen molar-refractivity contribution in [3.05, 3.63) is 36.7 Å². The highest BCUT2D eigenvalue weighted by Crippen LogP contribution is 2.32. The Kier molecular flexibility index (Phi) is 12.5. The lowest BCUT2D eigenvalue weighted by atomic mass is 10.1. The highest BCUT2D eigenvalue weighted by molar-refractivity contribution is 6.78. The lowest BCUT2D eigenvalue weighted by molar-refractivity contribution is 0.256. The first-order chi connectivity index (χ1) is 16.0. The Morgan fingerprint density at radius 3 is 2.18 bits per heavy atom. The Morgan fingerprint density at radius 1 is 0.818 bits per heavy atom. The van der Waals surface area contributed by atoms with E-state index < -0.39 is 8.07 Å². The van der Waals surface area contributed by atoms with E-state index in [4.69, 9.17) is 9.47 Å². The number of benzene rings is 1. The lowest BCUT2D eigenvalue weighted by Gasteiger charge is -2.33. The molecule has 1 heterocycles. The maximum absolute atomic E-state index is 6.70. The third-order valence-electron chi connectivity index (χ3n) is 6.39. The second-order valence-electron chi connectivity index (χ2n) is 9.84. The Hall–Kier alpha value is -1.88. The molecule has 2 aromatic rings. The van der Waals surface area contributed by atoms with Crippen LogP contribution in [0.1, 0.15) is 85.0 Å². The van der Waals surface area contributed by atoms with Gasteiger partial charge in [-0.2, -0.15) is 0 Å². The predicted octanol–water partition coefficient (Wildman–Crippen LogP) is 8.48. The fourth-order valence-corrected chi connectivity index (χ4v) is 7.28. The molecule has 4 nitrogen and oxygen atoms in total. The summed E-state index contributed by atoms with van der Waals surface area (Å²) in [5.41, 5.74) is 1.26. The lowest BCUT2D eigenvalue weighted by Crippen LogP contribution is -2.45. The van der Waals surface area contributed by atoms with Crippen LogP contribution in [0.25, 0.3) is 11.4 Å². The third-order valence-corrected chi connectivity index (χ3v) is 10.2. The average Bonchev–Trinajstić information content (AvgIpc) is 2.83. The Morgan fingerprint density at radius 2 is 1.48 bits per heavy atom. The van der Waals surface area contributed by atoms with Gasteiger partial charge in [0.1, 0.15) is 5.75 Å². The largest absolute Gasteiger partial charge is 0.493 e. The van der Waals surface area contributed by atoms with Crippen LogP contribution in [0.5, 0.6) is 11.5 Å². The highest BCUT2D eigenvalue weighted by atomic mass is 28.3. The fourth-order valence-electron chi connectivity index (χ4n) is 4.17. The third kappa shape index (κ3) is 9.48. The first kappa shape index (κ1) is 27.4. The molecule has 184 valence electrons. The predicted molar refractivity (Wildman–Crippen MR) is 143 cm³/mol. The van der Waals surface area contributed by atoms with Crippen LogP contribution in [-0.4, -0.2) is 30.4 Å². The van der Waals surface area contributed by atoms with Gasteiger partial charge >= 0.3 is 0 Å². The minimum atomic E-state index is -1.50. The van der Waals surface area contributed by atoms with Crippen molar-refractivity contribution >= 4 is 8.07 Å². The molecule has 0 radical (unpaired) electrons. The van der Waals surface area contributed by atoms with Crippen LogP contribution in [-0.2, 0) is 0 Å². The van der Waals surface area contributed by atoms with Gasteiger partial charge in [-0.1, -0.05) is 103 Å². The summed E-state index contributed by atoms with van der Waals surface area (Å²) < 4.78 is 12.6. The molecular formula is C28H46N2O2Si. The average molecular weight is 471 g/mol. The zero-order chi connectivity index (χ0) is 23.9. The monoisotopic (exact) mass is 470 g/mol. The number of ether oxygens (including phenoxy) is 2. The van der Waals surface area contributed by atoms with Gasteiger partial charge in [-0.3, -0.25) is 0 Å². The molecule has 1 atom stereocenters. The van der Waals surface area contributed by atoms with E-state index in [1.165, 1.54) is 51.0 Å². The molecule has 2 rings (SSSR count). The molecule has 0 bridgehead atoms. The van der Waals surface area contributed by atoms with Crippen molar-refractivity contribution in [1.29, 1.82) is 0 Å². The molecule has 0 aliphatic heterocycles. The molecule has 0 N–H and O–H groups in total. The molecule has 0 saturated heterocycles. The topological polar surface area (TPSA) is 44.2 Å². The number of nitrogens with zero attached hydrogens (tertiary/aromatic N) is 2. The molecule has 1 aromatic carbocycles. The van der Waals surface area contributed by atoms with Gasteiger partial charge in [0.2, 0.25) is 0 Å². The smallest absolute Gasteiger partial charge is 0.163 e. The van der Waals surface area contributed by atoms with Gasteiger partial charge in [0.05, 0.1) is 38.4 Å². The van der Waals surface area contributed by atoms with Crippen LogP contribution in [0.3, 0.4) is 0 Å². The Balaban J connectivity index is 2.02. The van der Waals surface area contributed by atoms with Gasteiger partial charge in [0, 0.05) is 0 Å². The first-order valence-corrected chi connectivity index (χ1v) is 16.5. The number of hydrogen-bond acceptors (Lipinski definition) is 4. The molecule has 5 heteroatoms. The van der Waals surface area contributed by atoms with Gasteiger partial charge in [-0.25, -0.2) is 9.97 Å². The molecular weight excluding hydrogens is 424 g/mol. The van der Waals surface area contributed by atoms with E-state index in [9.17, 15) is 0 Å². The van der Waals surface area contributed by atoms with Crippen LogP contribution < -0.4 is 9.47 Å². The summed E-state index contributed by atoms with van der Waals surface area (Å²) in [5.74, 6) is 2.33. The minimum Gasteiger partial charge on any atom is -0.493 e. The highest BCUT2D eigenvalue weighted by Gasteiger charge is 2.33. The van der Waals surface area contributed by atoms with E-state index in [-0.39, 0.29) is 0 Å². The number of hydrogen-bond donors (Lipinski definition) is 0. The standard InChI is InChI=1S/C28H46N2O2Si/c1-6-9-11-12-13-16-20-31-24-22-29-28(30-23-24)25-18-14-15-19-26(25)32-27(17-8-3)33(4,5)21-10-7-2/h14-15,18-19,22-23,27H,6-13,16-17,20-21H2,1-5H3. The normalized spacial score (nSPS) is 12.5. The zero-order valence-corrected chi connectivity index (χ0v) is 22.7. The van der Waals surface area contributed by atoms with Crippen LogP contribution in [0.2, 0.25) is 19.1 Å². The Labute approximate surface area is 203 Å². The van der Waals surface area contributed by atoms with Crippen molar-refractivity contribution in [3.63, 3.8) is 0 Å². The molecule has 33 heavy (non-hydrogen) atoms. The number of aromatic nitrogens is 2. The molecule has 0 amide bonds. The molecule has 0 saturated carbocycles. The minimum absolute atomic E-state index is 0.301. The molecule has 0 spiro atoms. The van der Waals surface area contributed by atoms with Crippen LogP contribution in [0, 0.1) is 0 Å². The van der Waals surface area contributed by atoms with E-state index in [0.29, 0.717) is 11.6 Å².